The molecule has 3 aromatic rings. The van der Waals surface area contributed by atoms with E-state index in [2.05, 4.69) is 39.4 Å². The van der Waals surface area contributed by atoms with Crippen LogP contribution in [0.15, 0.2) is 40.2 Å². The number of halogens is 1. The Bertz CT molecular complexity index is 886. The lowest BCUT2D eigenvalue weighted by Crippen LogP contribution is -2.04. The van der Waals surface area contributed by atoms with Crippen molar-refractivity contribution in [3.05, 3.63) is 51.3 Å². The van der Waals surface area contributed by atoms with Gasteiger partial charge in [0.05, 0.1) is 26.0 Å². The summed E-state index contributed by atoms with van der Waals surface area (Å²) in [6, 6.07) is 13.8. The van der Waals surface area contributed by atoms with Gasteiger partial charge in [-0.15, -0.1) is 11.3 Å². The van der Waals surface area contributed by atoms with Crippen LogP contribution < -0.4 is 5.32 Å². The number of hydrogen-bond acceptors (Lipinski definition) is 4. The maximum absolute atomic E-state index is 8.92. The third kappa shape index (κ3) is 2.14. The number of nitrogens with one attached hydrogen (secondary N) is 1. The molecule has 4 nitrogen and oxygen atoms in total. The molecule has 0 saturated heterocycles. The van der Waals surface area contributed by atoms with Crippen LogP contribution in [0, 0.1) is 11.3 Å². The zero-order valence-corrected chi connectivity index (χ0v) is 13.9. The van der Waals surface area contributed by atoms with Gasteiger partial charge in [-0.1, -0.05) is 0 Å². The van der Waals surface area contributed by atoms with Crippen LogP contribution in [0.2, 0.25) is 0 Å². The smallest absolute Gasteiger partial charge is 0.133 e. The van der Waals surface area contributed by atoms with Crippen molar-refractivity contribution >= 4 is 33.1 Å². The average molecular weight is 371 g/mol. The Morgan fingerprint density at radius 1 is 1.23 bits per heavy atom. The van der Waals surface area contributed by atoms with Crippen LogP contribution in [0.25, 0.3) is 16.3 Å². The lowest BCUT2D eigenvalue weighted by Gasteiger charge is -2.06. The Balaban J connectivity index is 1.85. The standard InChI is InChI=1S/C16H11BrN4S/c17-14-6-5-13(22-14)15-12-7-8-19-16(12)21(20-15)11-3-1-10(9-18)2-4-11/h1-6,19H,7-8H2. The topological polar surface area (TPSA) is 53.6 Å². The number of aromatic nitrogens is 2. The highest BCUT2D eigenvalue weighted by atomic mass is 79.9. The summed E-state index contributed by atoms with van der Waals surface area (Å²) in [5.74, 6) is 1.06. The summed E-state index contributed by atoms with van der Waals surface area (Å²) in [4.78, 5) is 1.17. The van der Waals surface area contributed by atoms with E-state index in [4.69, 9.17) is 10.4 Å². The van der Waals surface area contributed by atoms with Gasteiger partial charge in [0, 0.05) is 12.1 Å². The minimum absolute atomic E-state index is 0.655. The van der Waals surface area contributed by atoms with Gasteiger partial charge >= 0.3 is 0 Å². The Labute approximate surface area is 140 Å². The molecule has 6 heteroatoms. The Morgan fingerprint density at radius 2 is 2.05 bits per heavy atom. The zero-order chi connectivity index (χ0) is 15.1. The van der Waals surface area contributed by atoms with Gasteiger partial charge in [-0.3, -0.25) is 0 Å². The molecule has 3 heterocycles. The third-order valence-corrected chi connectivity index (χ3v) is 5.33. The number of anilines is 1. The van der Waals surface area contributed by atoms with Crippen molar-refractivity contribution in [1.29, 1.82) is 5.26 Å². The highest BCUT2D eigenvalue weighted by molar-refractivity contribution is 9.11. The molecule has 108 valence electrons. The van der Waals surface area contributed by atoms with Crippen LogP contribution in [0.5, 0.6) is 0 Å². The largest absolute Gasteiger partial charge is 0.369 e. The highest BCUT2D eigenvalue weighted by Gasteiger charge is 2.24. The van der Waals surface area contributed by atoms with Crippen LogP contribution in [0.1, 0.15) is 11.1 Å². The molecule has 0 fully saturated rings. The van der Waals surface area contributed by atoms with Gasteiger partial charge in [-0.25, -0.2) is 4.68 Å². The van der Waals surface area contributed by atoms with E-state index >= 15 is 0 Å². The molecular formula is C16H11BrN4S. The number of nitrogens with zero attached hydrogens (tertiary/aromatic N) is 3. The number of thiophene rings is 1. The molecule has 1 N–H and O–H groups in total. The fourth-order valence-electron chi connectivity index (χ4n) is 2.68. The minimum atomic E-state index is 0.655. The van der Waals surface area contributed by atoms with E-state index in [1.54, 1.807) is 11.3 Å². The summed E-state index contributed by atoms with van der Waals surface area (Å²) in [6.07, 6.45) is 0.983. The molecule has 1 aliphatic heterocycles. The molecule has 0 unspecified atom stereocenters. The quantitative estimate of drug-likeness (QED) is 0.735. The van der Waals surface area contributed by atoms with E-state index in [-0.39, 0.29) is 0 Å². The molecule has 0 saturated carbocycles. The van der Waals surface area contributed by atoms with Gasteiger partial charge in [-0.05, 0) is 58.7 Å². The molecule has 1 aliphatic rings. The molecule has 1 aromatic carbocycles. The second-order valence-electron chi connectivity index (χ2n) is 5.03. The van der Waals surface area contributed by atoms with Crippen LogP contribution in [0.4, 0.5) is 5.82 Å². The van der Waals surface area contributed by atoms with Crippen molar-refractivity contribution < 1.29 is 0 Å². The second kappa shape index (κ2) is 5.27. The maximum Gasteiger partial charge on any atom is 0.133 e. The number of fused-ring (bicyclic) bond motifs is 1. The van der Waals surface area contributed by atoms with Crippen molar-refractivity contribution in [2.75, 3.05) is 11.9 Å². The van der Waals surface area contributed by atoms with E-state index in [0.29, 0.717) is 5.56 Å². The molecule has 2 aromatic heterocycles. The summed E-state index contributed by atoms with van der Waals surface area (Å²) < 4.78 is 3.04. The predicted octanol–water partition coefficient (Wildman–Crippen LogP) is 4.20. The normalized spacial score (nSPS) is 12.7. The molecular weight excluding hydrogens is 360 g/mol. The number of nitriles is 1. The van der Waals surface area contributed by atoms with Crippen LogP contribution in [0.3, 0.4) is 0 Å². The molecule has 0 aliphatic carbocycles. The van der Waals surface area contributed by atoms with Gasteiger partial charge in [0.25, 0.3) is 0 Å². The van der Waals surface area contributed by atoms with E-state index in [9.17, 15) is 0 Å². The summed E-state index contributed by atoms with van der Waals surface area (Å²) in [7, 11) is 0. The van der Waals surface area contributed by atoms with Crippen molar-refractivity contribution in [1.82, 2.24) is 9.78 Å². The Morgan fingerprint density at radius 3 is 2.73 bits per heavy atom. The Hall–Kier alpha value is -2.10. The van der Waals surface area contributed by atoms with E-state index in [1.807, 2.05) is 28.9 Å². The van der Waals surface area contributed by atoms with Gasteiger partial charge in [-0.2, -0.15) is 10.4 Å². The van der Waals surface area contributed by atoms with Crippen molar-refractivity contribution in [3.8, 4) is 22.3 Å². The molecule has 0 radical (unpaired) electrons. The first-order valence-corrected chi connectivity index (χ1v) is 8.49. The average Bonchev–Trinajstić information content (AvgIpc) is 3.23. The minimum Gasteiger partial charge on any atom is -0.369 e. The van der Waals surface area contributed by atoms with E-state index in [1.165, 1.54) is 10.4 Å². The van der Waals surface area contributed by atoms with Crippen molar-refractivity contribution in [2.24, 2.45) is 0 Å². The number of rotatable bonds is 2. The van der Waals surface area contributed by atoms with Gasteiger partial charge in [0.15, 0.2) is 0 Å². The van der Waals surface area contributed by atoms with Gasteiger partial charge in [0.1, 0.15) is 11.5 Å². The second-order valence-corrected chi connectivity index (χ2v) is 7.49. The monoisotopic (exact) mass is 370 g/mol. The SMILES string of the molecule is N#Cc1ccc(-n2nc(-c3ccc(Br)s3)c3c2NCC3)cc1. The molecule has 0 atom stereocenters. The predicted molar refractivity (Wildman–Crippen MR) is 91.5 cm³/mol. The fourth-order valence-corrected chi connectivity index (χ4v) is 4.08. The Kier molecular flexibility index (Phi) is 3.25. The first kappa shape index (κ1) is 13.6. The lowest BCUT2D eigenvalue weighted by molar-refractivity contribution is 0.883. The summed E-state index contributed by atoms with van der Waals surface area (Å²) >= 11 is 5.21. The van der Waals surface area contributed by atoms with Crippen LogP contribution in [-0.2, 0) is 6.42 Å². The first-order valence-electron chi connectivity index (χ1n) is 6.88. The molecule has 22 heavy (non-hydrogen) atoms. The molecule has 0 amide bonds. The van der Waals surface area contributed by atoms with Crippen molar-refractivity contribution in [2.45, 2.75) is 6.42 Å². The van der Waals surface area contributed by atoms with Crippen LogP contribution >= 0.6 is 27.3 Å². The third-order valence-electron chi connectivity index (χ3n) is 3.70. The van der Waals surface area contributed by atoms with Gasteiger partial charge in [0.2, 0.25) is 0 Å². The number of hydrogen-bond donors (Lipinski definition) is 1. The van der Waals surface area contributed by atoms with Crippen LogP contribution in [-0.4, -0.2) is 16.3 Å². The van der Waals surface area contributed by atoms with E-state index in [0.717, 1.165) is 34.0 Å². The first-order chi connectivity index (χ1) is 10.8. The maximum atomic E-state index is 8.92. The molecule has 0 spiro atoms. The summed E-state index contributed by atoms with van der Waals surface area (Å²) in [5, 5.41) is 17.1. The van der Waals surface area contributed by atoms with Crippen molar-refractivity contribution in [3.63, 3.8) is 0 Å². The fraction of sp³-hybridized carbons (Fsp3) is 0.125. The van der Waals surface area contributed by atoms with Gasteiger partial charge < -0.3 is 5.32 Å². The number of benzene rings is 1. The lowest BCUT2D eigenvalue weighted by atomic mass is 10.2. The molecule has 0 bridgehead atoms. The molecule has 4 rings (SSSR count). The summed E-state index contributed by atoms with van der Waals surface area (Å²) in [5.41, 5.74) is 3.92. The van der Waals surface area contributed by atoms with E-state index < -0.39 is 0 Å². The highest BCUT2D eigenvalue weighted by Crippen LogP contribution is 2.38. The zero-order valence-electron chi connectivity index (χ0n) is 11.5. The summed E-state index contributed by atoms with van der Waals surface area (Å²) in [6.45, 7) is 0.934.